The van der Waals surface area contributed by atoms with E-state index in [1.807, 2.05) is 6.07 Å². The highest BCUT2D eigenvalue weighted by Gasteiger charge is 2.22. The first kappa shape index (κ1) is 18.1. The third kappa shape index (κ3) is 5.36. The van der Waals surface area contributed by atoms with Crippen molar-refractivity contribution in [3.05, 3.63) is 71.5 Å². The van der Waals surface area contributed by atoms with Crippen LogP contribution >= 0.6 is 0 Å². The number of halogens is 1. The van der Waals surface area contributed by atoms with E-state index in [2.05, 4.69) is 29.2 Å². The van der Waals surface area contributed by atoms with Crippen molar-refractivity contribution < 1.29 is 14.2 Å². The van der Waals surface area contributed by atoms with Crippen molar-refractivity contribution in [3.8, 4) is 0 Å². The second-order valence-electron chi connectivity index (χ2n) is 6.64. The number of likely N-dealkylation sites (tertiary alicyclic amines) is 1. The summed E-state index contributed by atoms with van der Waals surface area (Å²) >= 11 is 0. The molecule has 0 saturated carbocycles. The van der Waals surface area contributed by atoms with Gasteiger partial charge in [0.2, 0.25) is 0 Å². The van der Waals surface area contributed by atoms with Gasteiger partial charge in [0.25, 0.3) is 0 Å². The van der Waals surface area contributed by atoms with Crippen LogP contribution in [-0.4, -0.2) is 42.4 Å². The SMILES string of the molecule is OC(CN1CCC(OCCc2ccccc2)CC1)c1ccccc1F. The monoisotopic (exact) mass is 343 g/mol. The summed E-state index contributed by atoms with van der Waals surface area (Å²) in [6.45, 7) is 2.97. The lowest BCUT2D eigenvalue weighted by Gasteiger charge is -2.33. The standard InChI is InChI=1S/C21H26FNO2/c22-20-9-5-4-8-19(20)21(24)16-23-13-10-18(11-14-23)25-15-12-17-6-2-1-3-7-17/h1-9,18,21,24H,10-16H2. The van der Waals surface area contributed by atoms with Crippen LogP contribution in [0, 0.1) is 5.82 Å². The quantitative estimate of drug-likeness (QED) is 0.834. The van der Waals surface area contributed by atoms with Gasteiger partial charge in [0, 0.05) is 25.2 Å². The number of aliphatic hydroxyl groups is 1. The van der Waals surface area contributed by atoms with Crippen LogP contribution in [0.15, 0.2) is 54.6 Å². The normalized spacial score (nSPS) is 17.5. The van der Waals surface area contributed by atoms with Gasteiger partial charge in [-0.15, -0.1) is 0 Å². The second kappa shape index (κ2) is 9.09. The molecule has 1 N–H and O–H groups in total. The molecule has 1 aliphatic heterocycles. The van der Waals surface area contributed by atoms with Gasteiger partial charge in [0.1, 0.15) is 5.82 Å². The molecule has 1 fully saturated rings. The molecular formula is C21H26FNO2. The number of hydrogen-bond donors (Lipinski definition) is 1. The molecule has 1 unspecified atom stereocenters. The number of β-amino-alcohol motifs (C(OH)–C–C–N with tert-alkyl or cyclic N) is 1. The van der Waals surface area contributed by atoms with E-state index in [0.29, 0.717) is 12.1 Å². The van der Waals surface area contributed by atoms with E-state index in [9.17, 15) is 9.50 Å². The lowest BCUT2D eigenvalue weighted by molar-refractivity contribution is -0.00129. The Kier molecular flexibility index (Phi) is 6.56. The zero-order valence-corrected chi connectivity index (χ0v) is 14.5. The molecule has 2 aromatic carbocycles. The van der Waals surface area contributed by atoms with E-state index in [1.165, 1.54) is 11.6 Å². The summed E-state index contributed by atoms with van der Waals surface area (Å²) in [5.74, 6) is -0.339. The average molecular weight is 343 g/mol. The number of piperidine rings is 1. The van der Waals surface area contributed by atoms with Crippen LogP contribution in [0.4, 0.5) is 4.39 Å². The van der Waals surface area contributed by atoms with Gasteiger partial charge < -0.3 is 14.7 Å². The number of rotatable bonds is 7. The molecule has 2 aromatic rings. The molecule has 1 saturated heterocycles. The third-order valence-electron chi connectivity index (χ3n) is 4.82. The van der Waals surface area contributed by atoms with Crippen LogP contribution in [0.25, 0.3) is 0 Å². The average Bonchev–Trinajstić information content (AvgIpc) is 2.64. The van der Waals surface area contributed by atoms with Crippen molar-refractivity contribution in [1.82, 2.24) is 4.90 Å². The molecular weight excluding hydrogens is 317 g/mol. The predicted octanol–water partition coefficient (Wildman–Crippen LogP) is 3.58. The summed E-state index contributed by atoms with van der Waals surface area (Å²) in [6.07, 6.45) is 2.35. The van der Waals surface area contributed by atoms with Crippen molar-refractivity contribution in [2.45, 2.75) is 31.5 Å². The zero-order valence-electron chi connectivity index (χ0n) is 14.5. The van der Waals surface area contributed by atoms with Crippen LogP contribution in [0.5, 0.6) is 0 Å². The fourth-order valence-electron chi connectivity index (χ4n) is 3.33. The maximum absolute atomic E-state index is 13.7. The molecule has 4 heteroatoms. The van der Waals surface area contributed by atoms with Crippen LogP contribution in [0.3, 0.4) is 0 Å². The Labute approximate surface area is 149 Å². The number of hydrogen-bond acceptors (Lipinski definition) is 3. The van der Waals surface area contributed by atoms with Gasteiger partial charge in [-0.05, 0) is 30.9 Å². The van der Waals surface area contributed by atoms with E-state index in [1.54, 1.807) is 18.2 Å². The fraction of sp³-hybridized carbons (Fsp3) is 0.429. The molecule has 0 radical (unpaired) electrons. The van der Waals surface area contributed by atoms with Crippen LogP contribution in [0.1, 0.15) is 30.1 Å². The Hall–Kier alpha value is -1.75. The third-order valence-corrected chi connectivity index (χ3v) is 4.82. The van der Waals surface area contributed by atoms with Gasteiger partial charge in [-0.3, -0.25) is 0 Å². The first-order chi connectivity index (χ1) is 12.2. The summed E-state index contributed by atoms with van der Waals surface area (Å²) in [6, 6.07) is 16.8. The molecule has 1 atom stereocenters. The maximum Gasteiger partial charge on any atom is 0.129 e. The zero-order chi connectivity index (χ0) is 17.5. The van der Waals surface area contributed by atoms with E-state index in [0.717, 1.165) is 39.0 Å². The molecule has 0 aliphatic carbocycles. The highest BCUT2D eigenvalue weighted by Crippen LogP contribution is 2.21. The summed E-state index contributed by atoms with van der Waals surface area (Å²) in [4.78, 5) is 2.19. The Morgan fingerprint density at radius 1 is 1.04 bits per heavy atom. The van der Waals surface area contributed by atoms with E-state index < -0.39 is 6.10 Å². The molecule has 3 rings (SSSR count). The van der Waals surface area contributed by atoms with Gasteiger partial charge in [-0.25, -0.2) is 4.39 Å². The Morgan fingerprint density at radius 3 is 2.44 bits per heavy atom. The van der Waals surface area contributed by atoms with Crippen LogP contribution < -0.4 is 0 Å². The minimum Gasteiger partial charge on any atom is -0.387 e. The van der Waals surface area contributed by atoms with Gasteiger partial charge in [-0.2, -0.15) is 0 Å². The predicted molar refractivity (Wildman–Crippen MR) is 96.9 cm³/mol. The number of ether oxygens (including phenoxy) is 1. The van der Waals surface area contributed by atoms with Crippen molar-refractivity contribution in [2.24, 2.45) is 0 Å². The van der Waals surface area contributed by atoms with Crippen molar-refractivity contribution in [3.63, 3.8) is 0 Å². The molecule has 0 bridgehead atoms. The van der Waals surface area contributed by atoms with Gasteiger partial charge in [0.15, 0.2) is 0 Å². The first-order valence-electron chi connectivity index (χ1n) is 9.03. The van der Waals surface area contributed by atoms with Gasteiger partial charge in [0.05, 0.1) is 18.8 Å². The number of nitrogens with zero attached hydrogens (tertiary/aromatic N) is 1. The van der Waals surface area contributed by atoms with E-state index >= 15 is 0 Å². The summed E-state index contributed by atoms with van der Waals surface area (Å²) in [5.41, 5.74) is 1.68. The van der Waals surface area contributed by atoms with Crippen molar-refractivity contribution in [1.29, 1.82) is 0 Å². The Bertz CT molecular complexity index is 641. The minimum absolute atomic E-state index is 0.283. The maximum atomic E-state index is 13.7. The molecule has 25 heavy (non-hydrogen) atoms. The molecule has 3 nitrogen and oxygen atoms in total. The number of aliphatic hydroxyl groups excluding tert-OH is 1. The van der Waals surface area contributed by atoms with Crippen molar-refractivity contribution >= 4 is 0 Å². The molecule has 1 aliphatic rings. The van der Waals surface area contributed by atoms with E-state index in [4.69, 9.17) is 4.74 Å². The smallest absolute Gasteiger partial charge is 0.129 e. The molecule has 0 spiro atoms. The van der Waals surface area contributed by atoms with Gasteiger partial charge >= 0.3 is 0 Å². The fourth-order valence-corrected chi connectivity index (χ4v) is 3.33. The van der Waals surface area contributed by atoms with E-state index in [-0.39, 0.29) is 11.9 Å². The molecule has 1 heterocycles. The molecule has 0 aromatic heterocycles. The largest absolute Gasteiger partial charge is 0.387 e. The molecule has 134 valence electrons. The summed E-state index contributed by atoms with van der Waals surface area (Å²) < 4.78 is 19.7. The van der Waals surface area contributed by atoms with Crippen LogP contribution in [0.2, 0.25) is 0 Å². The highest BCUT2D eigenvalue weighted by molar-refractivity contribution is 5.20. The molecule has 0 amide bonds. The van der Waals surface area contributed by atoms with Crippen molar-refractivity contribution in [2.75, 3.05) is 26.2 Å². The first-order valence-corrected chi connectivity index (χ1v) is 9.03. The second-order valence-corrected chi connectivity index (χ2v) is 6.64. The minimum atomic E-state index is -0.781. The number of benzene rings is 2. The highest BCUT2D eigenvalue weighted by atomic mass is 19.1. The lowest BCUT2D eigenvalue weighted by atomic mass is 10.0. The summed E-state index contributed by atoms with van der Waals surface area (Å²) in [7, 11) is 0. The van der Waals surface area contributed by atoms with Crippen LogP contribution in [-0.2, 0) is 11.2 Å². The Morgan fingerprint density at radius 2 is 1.72 bits per heavy atom. The summed E-state index contributed by atoms with van der Waals surface area (Å²) in [5, 5.41) is 10.3. The topological polar surface area (TPSA) is 32.7 Å². The van der Waals surface area contributed by atoms with Gasteiger partial charge in [-0.1, -0.05) is 48.5 Å². The Balaban J connectivity index is 1.38. The lowest BCUT2D eigenvalue weighted by Crippen LogP contribution is -2.39.